The predicted octanol–water partition coefficient (Wildman–Crippen LogP) is 0.860. The van der Waals surface area contributed by atoms with Gasteiger partial charge in [0.05, 0.1) is 17.2 Å². The first kappa shape index (κ1) is 7.25. The SMILES string of the molecule is Nc1nc2ccccc2c2cnnn12. The summed E-state index contributed by atoms with van der Waals surface area (Å²) >= 11 is 0. The number of hydrogen-bond donors (Lipinski definition) is 1. The van der Waals surface area contributed by atoms with Crippen molar-refractivity contribution in [2.24, 2.45) is 0 Å². The van der Waals surface area contributed by atoms with Crippen LogP contribution in [0, 0.1) is 0 Å². The Kier molecular flexibility index (Phi) is 1.25. The molecule has 0 saturated heterocycles. The average molecular weight is 185 g/mol. The lowest BCUT2D eigenvalue weighted by Crippen LogP contribution is -2.02. The van der Waals surface area contributed by atoms with Gasteiger partial charge in [-0.05, 0) is 6.07 Å². The van der Waals surface area contributed by atoms with Crippen LogP contribution in [-0.2, 0) is 0 Å². The maximum Gasteiger partial charge on any atom is 0.223 e. The van der Waals surface area contributed by atoms with E-state index < -0.39 is 0 Å². The summed E-state index contributed by atoms with van der Waals surface area (Å²) in [5.74, 6) is 0.358. The Hall–Kier alpha value is -2.17. The highest BCUT2D eigenvalue weighted by atomic mass is 15.4. The average Bonchev–Trinajstić information content (AvgIpc) is 2.67. The van der Waals surface area contributed by atoms with Crippen LogP contribution in [0.2, 0.25) is 0 Å². The number of rotatable bonds is 0. The molecule has 5 heteroatoms. The van der Waals surface area contributed by atoms with Gasteiger partial charge in [0.2, 0.25) is 5.95 Å². The molecule has 0 amide bonds. The smallest absolute Gasteiger partial charge is 0.223 e. The topological polar surface area (TPSA) is 69.1 Å². The van der Waals surface area contributed by atoms with Crippen molar-refractivity contribution in [3.8, 4) is 0 Å². The predicted molar refractivity (Wildman–Crippen MR) is 52.7 cm³/mol. The fourth-order valence-corrected chi connectivity index (χ4v) is 1.55. The summed E-state index contributed by atoms with van der Waals surface area (Å²) in [4.78, 5) is 4.21. The molecule has 0 atom stereocenters. The number of nitrogen functional groups attached to an aromatic ring is 1. The molecule has 0 aliphatic heterocycles. The van der Waals surface area contributed by atoms with Gasteiger partial charge in [0, 0.05) is 5.39 Å². The third-order valence-corrected chi connectivity index (χ3v) is 2.18. The summed E-state index contributed by atoms with van der Waals surface area (Å²) in [5.41, 5.74) is 7.46. The molecular formula is C9H7N5. The van der Waals surface area contributed by atoms with Gasteiger partial charge in [0.15, 0.2) is 0 Å². The van der Waals surface area contributed by atoms with Crippen LogP contribution >= 0.6 is 0 Å². The van der Waals surface area contributed by atoms with E-state index in [-0.39, 0.29) is 0 Å². The van der Waals surface area contributed by atoms with Crippen LogP contribution in [0.3, 0.4) is 0 Å². The fourth-order valence-electron chi connectivity index (χ4n) is 1.55. The molecule has 2 aromatic heterocycles. The van der Waals surface area contributed by atoms with Crippen molar-refractivity contribution < 1.29 is 0 Å². The first-order chi connectivity index (χ1) is 6.86. The van der Waals surface area contributed by atoms with Crippen LogP contribution < -0.4 is 5.73 Å². The van der Waals surface area contributed by atoms with Crippen LogP contribution in [-0.4, -0.2) is 19.8 Å². The second kappa shape index (κ2) is 2.41. The van der Waals surface area contributed by atoms with Crippen LogP contribution in [0.25, 0.3) is 16.4 Å². The lowest BCUT2D eigenvalue weighted by Gasteiger charge is -2.01. The second-order valence-electron chi connectivity index (χ2n) is 3.02. The van der Waals surface area contributed by atoms with Gasteiger partial charge in [0.25, 0.3) is 0 Å². The highest BCUT2D eigenvalue weighted by Gasteiger charge is 2.05. The number of para-hydroxylation sites is 1. The molecule has 0 saturated carbocycles. The lowest BCUT2D eigenvalue weighted by molar-refractivity contribution is 0.852. The Morgan fingerprint density at radius 2 is 2.07 bits per heavy atom. The molecule has 14 heavy (non-hydrogen) atoms. The number of fused-ring (bicyclic) bond motifs is 3. The summed E-state index contributed by atoms with van der Waals surface area (Å²) in [6.07, 6.45) is 1.68. The van der Waals surface area contributed by atoms with Crippen LogP contribution in [0.15, 0.2) is 30.5 Å². The first-order valence-electron chi connectivity index (χ1n) is 4.21. The van der Waals surface area contributed by atoms with Gasteiger partial charge in [-0.2, -0.15) is 4.52 Å². The van der Waals surface area contributed by atoms with Gasteiger partial charge in [-0.1, -0.05) is 23.4 Å². The molecule has 2 heterocycles. The van der Waals surface area contributed by atoms with Gasteiger partial charge >= 0.3 is 0 Å². The third kappa shape index (κ3) is 0.806. The maximum atomic E-state index is 5.72. The van der Waals surface area contributed by atoms with Gasteiger partial charge in [0.1, 0.15) is 0 Å². The molecule has 2 N–H and O–H groups in total. The van der Waals surface area contributed by atoms with E-state index in [4.69, 9.17) is 5.73 Å². The first-order valence-corrected chi connectivity index (χ1v) is 4.21. The number of nitrogens with zero attached hydrogens (tertiary/aromatic N) is 4. The summed E-state index contributed by atoms with van der Waals surface area (Å²) in [6, 6.07) is 7.77. The molecule has 3 aromatic rings. The van der Waals surface area contributed by atoms with Gasteiger partial charge in [-0.15, -0.1) is 5.10 Å². The van der Waals surface area contributed by atoms with E-state index in [0.717, 1.165) is 16.4 Å². The molecule has 0 unspecified atom stereocenters. The van der Waals surface area contributed by atoms with Gasteiger partial charge < -0.3 is 5.73 Å². The lowest BCUT2D eigenvalue weighted by atomic mass is 10.2. The number of hydrogen-bond acceptors (Lipinski definition) is 4. The van der Waals surface area contributed by atoms with E-state index in [0.29, 0.717) is 5.95 Å². The van der Waals surface area contributed by atoms with Crippen molar-refractivity contribution in [2.45, 2.75) is 0 Å². The summed E-state index contributed by atoms with van der Waals surface area (Å²) in [7, 11) is 0. The maximum absolute atomic E-state index is 5.72. The molecule has 0 aliphatic rings. The Bertz CT molecular complexity index is 613. The van der Waals surface area contributed by atoms with Crippen molar-refractivity contribution in [3.05, 3.63) is 30.5 Å². The van der Waals surface area contributed by atoms with Crippen molar-refractivity contribution in [1.29, 1.82) is 0 Å². The Morgan fingerprint density at radius 3 is 3.00 bits per heavy atom. The van der Waals surface area contributed by atoms with Gasteiger partial charge in [-0.3, -0.25) is 0 Å². The molecular weight excluding hydrogens is 178 g/mol. The molecule has 0 bridgehead atoms. The zero-order valence-corrected chi connectivity index (χ0v) is 7.25. The normalized spacial score (nSPS) is 11.1. The number of aromatic nitrogens is 4. The summed E-state index contributed by atoms with van der Waals surface area (Å²) in [6.45, 7) is 0. The van der Waals surface area contributed by atoms with Gasteiger partial charge in [-0.25, -0.2) is 4.98 Å². The van der Waals surface area contributed by atoms with Crippen LogP contribution in [0.1, 0.15) is 0 Å². The van der Waals surface area contributed by atoms with Crippen LogP contribution in [0.4, 0.5) is 5.95 Å². The Labute approximate surface area is 79.2 Å². The standard InChI is InChI=1S/C9H7N5/c10-9-12-7-4-2-1-3-6(7)8-5-11-13-14(8)9/h1-5H,(H2,10,12). The highest BCUT2D eigenvalue weighted by Crippen LogP contribution is 2.18. The molecule has 5 nitrogen and oxygen atoms in total. The van der Waals surface area contributed by atoms with E-state index >= 15 is 0 Å². The molecule has 3 rings (SSSR count). The largest absolute Gasteiger partial charge is 0.368 e. The number of anilines is 1. The molecule has 0 spiro atoms. The zero-order chi connectivity index (χ0) is 9.54. The fraction of sp³-hybridized carbons (Fsp3) is 0. The Morgan fingerprint density at radius 1 is 1.21 bits per heavy atom. The molecule has 68 valence electrons. The van der Waals surface area contributed by atoms with Crippen molar-refractivity contribution in [1.82, 2.24) is 19.8 Å². The second-order valence-corrected chi connectivity index (χ2v) is 3.02. The Balaban J connectivity index is 2.66. The molecule has 0 radical (unpaired) electrons. The molecule has 1 aromatic carbocycles. The third-order valence-electron chi connectivity index (χ3n) is 2.18. The summed E-state index contributed by atoms with van der Waals surface area (Å²) < 4.78 is 1.53. The van der Waals surface area contributed by atoms with Crippen molar-refractivity contribution in [2.75, 3.05) is 5.73 Å². The van der Waals surface area contributed by atoms with Crippen molar-refractivity contribution >= 4 is 22.4 Å². The minimum absolute atomic E-state index is 0.358. The van der Waals surface area contributed by atoms with E-state index in [2.05, 4.69) is 15.3 Å². The quantitative estimate of drug-likeness (QED) is 0.564. The number of nitrogens with two attached hydrogens (primary N) is 1. The highest BCUT2D eigenvalue weighted by molar-refractivity contribution is 5.93. The molecule has 0 fully saturated rings. The van der Waals surface area contributed by atoms with E-state index in [1.165, 1.54) is 4.52 Å². The van der Waals surface area contributed by atoms with E-state index in [1.54, 1.807) is 6.20 Å². The van der Waals surface area contributed by atoms with Crippen LogP contribution in [0.5, 0.6) is 0 Å². The minimum Gasteiger partial charge on any atom is -0.368 e. The van der Waals surface area contributed by atoms with Crippen molar-refractivity contribution in [3.63, 3.8) is 0 Å². The minimum atomic E-state index is 0.358. The monoisotopic (exact) mass is 185 g/mol. The van der Waals surface area contributed by atoms with E-state index in [9.17, 15) is 0 Å². The molecule has 0 aliphatic carbocycles. The number of benzene rings is 1. The van der Waals surface area contributed by atoms with E-state index in [1.807, 2.05) is 24.3 Å². The summed E-state index contributed by atoms with van der Waals surface area (Å²) in [5, 5.41) is 8.66. The zero-order valence-electron chi connectivity index (χ0n) is 7.25.